The Kier molecular flexibility index (Phi) is 3.50. The van der Waals surface area contributed by atoms with E-state index in [9.17, 15) is 0 Å². The smallest absolute Gasteiger partial charge is 0.0879 e. The normalized spacial score (nSPS) is 12.0. The van der Waals surface area contributed by atoms with Gasteiger partial charge in [0.15, 0.2) is 0 Å². The molecule has 0 fully saturated rings. The molecule has 0 unspecified atom stereocenters. The van der Waals surface area contributed by atoms with Crippen LogP contribution >= 0.6 is 0 Å². The van der Waals surface area contributed by atoms with E-state index in [4.69, 9.17) is 4.98 Å². The molecule has 24 heavy (non-hydrogen) atoms. The van der Waals surface area contributed by atoms with Crippen LogP contribution in [-0.4, -0.2) is 23.6 Å². The lowest BCUT2D eigenvalue weighted by Crippen LogP contribution is -2.10. The van der Waals surface area contributed by atoms with Crippen molar-refractivity contribution < 1.29 is 0 Å². The molecule has 4 rings (SSSR count). The summed E-state index contributed by atoms with van der Waals surface area (Å²) in [6.45, 7) is 0. The van der Waals surface area contributed by atoms with Gasteiger partial charge in [-0.05, 0) is 48.5 Å². The predicted octanol–water partition coefficient (Wildman–Crippen LogP) is 3.70. The zero-order valence-corrected chi connectivity index (χ0v) is 13.7. The first kappa shape index (κ1) is 14.5. The minimum absolute atomic E-state index is 0.943. The van der Waals surface area contributed by atoms with E-state index in [1.807, 2.05) is 38.4 Å². The van der Waals surface area contributed by atoms with Crippen LogP contribution in [0.1, 0.15) is 0 Å². The quantitative estimate of drug-likeness (QED) is 0.573. The van der Waals surface area contributed by atoms with Gasteiger partial charge >= 0.3 is 0 Å². The van der Waals surface area contributed by atoms with Crippen molar-refractivity contribution in [2.24, 2.45) is 4.99 Å². The second-order valence-electron chi connectivity index (χ2n) is 5.63. The highest BCUT2D eigenvalue weighted by atomic mass is 15.0. The monoisotopic (exact) mass is 314 g/mol. The molecule has 118 valence electrons. The van der Waals surface area contributed by atoms with Crippen molar-refractivity contribution in [2.45, 2.75) is 0 Å². The van der Waals surface area contributed by atoms with Crippen molar-refractivity contribution in [3.8, 4) is 17.1 Å². The number of para-hydroxylation sites is 1. The second kappa shape index (κ2) is 5.81. The van der Waals surface area contributed by atoms with Gasteiger partial charge in [-0.3, -0.25) is 4.99 Å². The van der Waals surface area contributed by atoms with Crippen molar-refractivity contribution in [1.82, 2.24) is 9.55 Å². The topological polar surface area (TPSA) is 42.2 Å². The van der Waals surface area contributed by atoms with Crippen LogP contribution in [0.25, 0.3) is 28.1 Å². The summed E-state index contributed by atoms with van der Waals surface area (Å²) in [5.41, 5.74) is 6.20. The number of hydrogen-bond donors (Lipinski definition) is 1. The summed E-state index contributed by atoms with van der Waals surface area (Å²) in [7, 11) is 3.73. The predicted molar refractivity (Wildman–Crippen MR) is 98.7 cm³/mol. The zero-order valence-electron chi connectivity index (χ0n) is 13.7. The van der Waals surface area contributed by atoms with Crippen LogP contribution in [0.5, 0.6) is 0 Å². The molecular weight excluding hydrogens is 296 g/mol. The van der Waals surface area contributed by atoms with E-state index in [1.54, 1.807) is 0 Å². The van der Waals surface area contributed by atoms with Gasteiger partial charge in [-0.25, -0.2) is 4.98 Å². The maximum atomic E-state index is 4.82. The number of fused-ring (bicyclic) bond motifs is 2. The van der Waals surface area contributed by atoms with Gasteiger partial charge in [0.05, 0.1) is 27.8 Å². The molecule has 0 radical (unpaired) electrons. The number of aromatic nitrogens is 2. The Morgan fingerprint density at radius 1 is 0.958 bits per heavy atom. The molecule has 2 aromatic carbocycles. The van der Waals surface area contributed by atoms with Crippen LogP contribution in [0.3, 0.4) is 0 Å². The molecular formula is C20H18N4. The fourth-order valence-corrected chi connectivity index (χ4v) is 2.99. The third-order valence-electron chi connectivity index (χ3n) is 4.22. The fourth-order valence-electron chi connectivity index (χ4n) is 2.99. The summed E-state index contributed by atoms with van der Waals surface area (Å²) in [5.74, 6) is 0. The lowest BCUT2D eigenvalue weighted by Gasteiger charge is -2.19. The van der Waals surface area contributed by atoms with Gasteiger partial charge in [0.2, 0.25) is 0 Å². The number of hydrogen-bond acceptors (Lipinski definition) is 3. The van der Waals surface area contributed by atoms with Gasteiger partial charge < -0.3 is 9.88 Å². The molecule has 1 aliphatic carbocycles. The van der Waals surface area contributed by atoms with Gasteiger partial charge in [-0.15, -0.1) is 0 Å². The van der Waals surface area contributed by atoms with Gasteiger partial charge in [-0.2, -0.15) is 0 Å². The second-order valence-corrected chi connectivity index (χ2v) is 5.63. The van der Waals surface area contributed by atoms with Crippen LogP contribution in [0.15, 0.2) is 71.7 Å². The molecule has 0 spiro atoms. The highest BCUT2D eigenvalue weighted by Gasteiger charge is 2.14. The van der Waals surface area contributed by atoms with E-state index in [2.05, 4.69) is 57.3 Å². The molecule has 1 aliphatic heterocycles. The molecule has 1 heterocycles. The lowest BCUT2D eigenvalue weighted by atomic mass is 10.1. The van der Waals surface area contributed by atoms with E-state index < -0.39 is 0 Å². The average Bonchev–Trinajstić information content (AvgIpc) is 2.65. The van der Waals surface area contributed by atoms with Crippen LogP contribution < -0.4 is 10.7 Å². The molecule has 0 amide bonds. The van der Waals surface area contributed by atoms with E-state index in [1.165, 1.54) is 0 Å². The molecule has 0 atom stereocenters. The largest absolute Gasteiger partial charge is 0.388 e. The van der Waals surface area contributed by atoms with Gasteiger partial charge in [0, 0.05) is 25.5 Å². The van der Waals surface area contributed by atoms with Crippen molar-refractivity contribution in [1.29, 1.82) is 0 Å². The molecule has 4 heteroatoms. The molecule has 4 nitrogen and oxygen atoms in total. The fraction of sp³-hybridized carbons (Fsp3) is 0.100. The first-order valence-corrected chi connectivity index (χ1v) is 7.93. The van der Waals surface area contributed by atoms with Crippen LogP contribution in [-0.2, 0) is 0 Å². The minimum atomic E-state index is 0.943. The van der Waals surface area contributed by atoms with Crippen LogP contribution in [0, 0.1) is 0 Å². The summed E-state index contributed by atoms with van der Waals surface area (Å²) in [4.78, 5) is 9.14. The molecule has 0 aromatic heterocycles. The molecule has 1 N–H and O–H groups in total. The number of nitrogens with one attached hydrogen (secondary N) is 1. The summed E-state index contributed by atoms with van der Waals surface area (Å²) in [6.07, 6.45) is 0. The first-order valence-electron chi connectivity index (χ1n) is 7.93. The number of benzene rings is 3. The Balaban J connectivity index is 2.20. The van der Waals surface area contributed by atoms with Crippen molar-refractivity contribution in [3.63, 3.8) is 0 Å². The average molecular weight is 314 g/mol. The van der Waals surface area contributed by atoms with E-state index in [0.29, 0.717) is 0 Å². The zero-order chi connectivity index (χ0) is 16.5. The summed E-state index contributed by atoms with van der Waals surface area (Å²) < 4.78 is 2.24. The van der Waals surface area contributed by atoms with Crippen molar-refractivity contribution in [3.05, 3.63) is 72.1 Å². The lowest BCUT2D eigenvalue weighted by molar-refractivity contribution is 1.07. The van der Waals surface area contributed by atoms with Crippen LogP contribution in [0.2, 0.25) is 0 Å². The Labute approximate surface area is 140 Å². The molecule has 0 saturated carbocycles. The Morgan fingerprint density at radius 3 is 2.54 bits per heavy atom. The highest BCUT2D eigenvalue weighted by Crippen LogP contribution is 2.29. The molecule has 2 aromatic rings. The van der Waals surface area contributed by atoms with E-state index in [0.717, 1.165) is 39.2 Å². The van der Waals surface area contributed by atoms with Crippen LogP contribution in [0.4, 0.5) is 5.69 Å². The standard InChI is InChI=1S/C20H18N4/c1-21-14-8-10-17-19(12-14)24(16-6-4-3-5-7-16)20-13-15(22-2)9-11-18(20)23-17/h3-13,21H,1-2H3. The SMILES string of the molecule is CN=c1ccc2nc3ccc(NC)cc3n(-c3ccccc3)c-2c1. The molecule has 0 saturated heterocycles. The summed E-state index contributed by atoms with van der Waals surface area (Å²) in [6, 6.07) is 22.7. The van der Waals surface area contributed by atoms with Gasteiger partial charge in [-0.1, -0.05) is 18.2 Å². The maximum Gasteiger partial charge on any atom is 0.0879 e. The van der Waals surface area contributed by atoms with E-state index in [-0.39, 0.29) is 0 Å². The number of rotatable bonds is 2. The Morgan fingerprint density at radius 2 is 1.79 bits per heavy atom. The van der Waals surface area contributed by atoms with Crippen molar-refractivity contribution >= 4 is 16.7 Å². The highest BCUT2D eigenvalue weighted by molar-refractivity contribution is 5.85. The van der Waals surface area contributed by atoms with Crippen molar-refractivity contribution in [2.75, 3.05) is 19.4 Å². The first-order chi connectivity index (χ1) is 11.8. The van der Waals surface area contributed by atoms with Gasteiger partial charge in [0.1, 0.15) is 0 Å². The number of nitrogens with zero attached hydrogens (tertiary/aromatic N) is 3. The molecule has 0 bridgehead atoms. The summed E-state index contributed by atoms with van der Waals surface area (Å²) in [5, 5.41) is 4.15. The number of anilines is 1. The third-order valence-corrected chi connectivity index (χ3v) is 4.22. The minimum Gasteiger partial charge on any atom is -0.388 e. The van der Waals surface area contributed by atoms with E-state index >= 15 is 0 Å². The Bertz CT molecular complexity index is 1050. The Hall–Kier alpha value is -3.14. The van der Waals surface area contributed by atoms with Gasteiger partial charge in [0.25, 0.3) is 0 Å². The summed E-state index contributed by atoms with van der Waals surface area (Å²) >= 11 is 0. The maximum absolute atomic E-state index is 4.82. The molecule has 2 aliphatic rings. The third kappa shape index (κ3) is 2.33.